The maximum atomic E-state index is 13.7. The molecule has 1 aliphatic heterocycles. The van der Waals surface area contributed by atoms with Gasteiger partial charge in [0.2, 0.25) is 5.91 Å². The quantitative estimate of drug-likeness (QED) is 0.674. The van der Waals surface area contributed by atoms with Crippen molar-refractivity contribution >= 4 is 22.5 Å². The van der Waals surface area contributed by atoms with Crippen LogP contribution in [-0.2, 0) is 0 Å². The SMILES string of the molecule is CC1=C(C#N)c2nc3ccccc3n2C(=O)C1c1cc(F)cc(F)c1. The van der Waals surface area contributed by atoms with Crippen LogP contribution in [0.15, 0.2) is 48.0 Å². The molecular formula is C19H11F2N3O. The van der Waals surface area contributed by atoms with E-state index in [-0.39, 0.29) is 22.9 Å². The standard InChI is InChI=1S/C19H11F2N3O/c1-10-14(9-22)18-23-15-4-2-3-5-16(15)24(18)19(25)17(10)11-6-12(20)8-13(21)7-11/h2-8,17H,1H3. The molecule has 0 saturated carbocycles. The van der Waals surface area contributed by atoms with Crippen LogP contribution in [0, 0.1) is 23.0 Å². The van der Waals surface area contributed by atoms with Crippen LogP contribution < -0.4 is 0 Å². The Bertz CT molecular complexity index is 1100. The third-order valence-corrected chi connectivity index (χ3v) is 4.41. The molecule has 4 rings (SSSR count). The molecule has 0 N–H and O–H groups in total. The van der Waals surface area contributed by atoms with Gasteiger partial charge in [-0.1, -0.05) is 12.1 Å². The molecule has 1 aliphatic rings. The van der Waals surface area contributed by atoms with Crippen molar-refractivity contribution in [2.24, 2.45) is 0 Å². The Morgan fingerprint density at radius 2 is 1.84 bits per heavy atom. The van der Waals surface area contributed by atoms with Crippen LogP contribution in [0.3, 0.4) is 0 Å². The minimum atomic E-state index is -0.940. The minimum absolute atomic E-state index is 0.177. The molecule has 1 unspecified atom stereocenters. The molecule has 0 aliphatic carbocycles. The third-order valence-electron chi connectivity index (χ3n) is 4.41. The summed E-state index contributed by atoms with van der Waals surface area (Å²) in [5.41, 5.74) is 1.99. The summed E-state index contributed by atoms with van der Waals surface area (Å²) in [5, 5.41) is 9.57. The van der Waals surface area contributed by atoms with Crippen molar-refractivity contribution in [1.29, 1.82) is 5.26 Å². The van der Waals surface area contributed by atoms with E-state index in [1.165, 1.54) is 4.57 Å². The number of imidazole rings is 1. The number of benzene rings is 2. The number of para-hydroxylation sites is 2. The highest BCUT2D eigenvalue weighted by molar-refractivity contribution is 6.04. The largest absolute Gasteiger partial charge is 0.273 e. The topological polar surface area (TPSA) is 58.7 Å². The first-order valence-corrected chi connectivity index (χ1v) is 7.60. The van der Waals surface area contributed by atoms with E-state index in [0.717, 1.165) is 18.2 Å². The van der Waals surface area contributed by atoms with Gasteiger partial charge < -0.3 is 0 Å². The number of fused-ring (bicyclic) bond motifs is 3. The predicted octanol–water partition coefficient (Wildman–Crippen LogP) is 4.05. The number of aromatic nitrogens is 2. The van der Waals surface area contributed by atoms with Gasteiger partial charge in [-0.3, -0.25) is 9.36 Å². The van der Waals surface area contributed by atoms with Crippen LogP contribution >= 0.6 is 0 Å². The first-order chi connectivity index (χ1) is 12.0. The van der Waals surface area contributed by atoms with Crippen LogP contribution in [0.2, 0.25) is 0 Å². The van der Waals surface area contributed by atoms with E-state index < -0.39 is 17.6 Å². The molecule has 0 fully saturated rings. The first kappa shape index (κ1) is 15.2. The lowest BCUT2D eigenvalue weighted by Crippen LogP contribution is -2.27. The van der Waals surface area contributed by atoms with Crippen LogP contribution in [0.5, 0.6) is 0 Å². The third kappa shape index (κ3) is 2.17. The number of hydrogen-bond donors (Lipinski definition) is 0. The fraction of sp³-hybridized carbons (Fsp3) is 0.105. The molecule has 0 spiro atoms. The zero-order valence-electron chi connectivity index (χ0n) is 13.1. The Labute approximate surface area is 141 Å². The number of carbonyl (C=O) groups excluding carboxylic acids is 1. The lowest BCUT2D eigenvalue weighted by atomic mass is 9.85. The van der Waals surface area contributed by atoms with Crippen molar-refractivity contribution in [2.45, 2.75) is 12.8 Å². The highest BCUT2D eigenvalue weighted by Gasteiger charge is 2.36. The van der Waals surface area contributed by atoms with E-state index in [0.29, 0.717) is 16.6 Å². The maximum absolute atomic E-state index is 13.7. The van der Waals surface area contributed by atoms with E-state index in [1.54, 1.807) is 31.2 Å². The van der Waals surface area contributed by atoms with Gasteiger partial charge in [0.25, 0.3) is 0 Å². The molecule has 0 radical (unpaired) electrons. The molecule has 1 atom stereocenters. The van der Waals surface area contributed by atoms with Gasteiger partial charge in [-0.25, -0.2) is 13.8 Å². The number of halogens is 2. The molecular weight excluding hydrogens is 324 g/mol. The van der Waals surface area contributed by atoms with Crippen LogP contribution in [0.1, 0.15) is 29.0 Å². The lowest BCUT2D eigenvalue weighted by Gasteiger charge is -2.24. The van der Waals surface area contributed by atoms with Crippen LogP contribution in [0.25, 0.3) is 16.6 Å². The minimum Gasteiger partial charge on any atom is -0.273 e. The van der Waals surface area contributed by atoms with Crippen molar-refractivity contribution in [2.75, 3.05) is 0 Å². The summed E-state index contributed by atoms with van der Waals surface area (Å²) in [6.07, 6.45) is 0. The molecule has 0 amide bonds. The molecule has 4 nitrogen and oxygen atoms in total. The lowest BCUT2D eigenvalue weighted by molar-refractivity contribution is 0.0892. The molecule has 0 saturated heterocycles. The monoisotopic (exact) mass is 335 g/mol. The van der Waals surface area contributed by atoms with Gasteiger partial charge in [-0.15, -0.1) is 0 Å². The van der Waals surface area contributed by atoms with Crippen LogP contribution in [0.4, 0.5) is 8.78 Å². The molecule has 122 valence electrons. The Hall–Kier alpha value is -3.33. The van der Waals surface area contributed by atoms with Gasteiger partial charge in [0.1, 0.15) is 17.7 Å². The van der Waals surface area contributed by atoms with Crippen LogP contribution in [-0.4, -0.2) is 15.5 Å². The van der Waals surface area contributed by atoms with Gasteiger partial charge in [0, 0.05) is 6.07 Å². The van der Waals surface area contributed by atoms with E-state index in [2.05, 4.69) is 11.1 Å². The summed E-state index contributed by atoms with van der Waals surface area (Å²) in [6.45, 7) is 1.62. The fourth-order valence-corrected chi connectivity index (χ4v) is 3.32. The highest BCUT2D eigenvalue weighted by Crippen LogP contribution is 2.38. The summed E-state index contributed by atoms with van der Waals surface area (Å²) in [5.74, 6) is -2.60. The molecule has 25 heavy (non-hydrogen) atoms. The predicted molar refractivity (Wildman–Crippen MR) is 87.7 cm³/mol. The Kier molecular flexibility index (Phi) is 3.25. The molecule has 1 aromatic heterocycles. The van der Waals surface area contributed by atoms with Crippen molar-refractivity contribution in [3.8, 4) is 6.07 Å². The molecule has 6 heteroatoms. The second-order valence-electron chi connectivity index (χ2n) is 5.90. The first-order valence-electron chi connectivity index (χ1n) is 7.60. The summed E-state index contributed by atoms with van der Waals surface area (Å²) in [4.78, 5) is 17.5. The fourth-order valence-electron chi connectivity index (χ4n) is 3.32. The molecule has 3 aromatic rings. The maximum Gasteiger partial charge on any atom is 0.244 e. The summed E-state index contributed by atoms with van der Waals surface area (Å²) >= 11 is 0. The van der Waals surface area contributed by atoms with E-state index >= 15 is 0 Å². The average Bonchev–Trinajstić information content (AvgIpc) is 2.93. The van der Waals surface area contributed by atoms with Gasteiger partial charge in [-0.2, -0.15) is 5.26 Å². The average molecular weight is 335 g/mol. The van der Waals surface area contributed by atoms with E-state index in [4.69, 9.17) is 0 Å². The molecule has 0 bridgehead atoms. The number of allylic oxidation sites excluding steroid dienone is 2. The molecule has 2 heterocycles. The Morgan fingerprint density at radius 3 is 2.52 bits per heavy atom. The number of rotatable bonds is 1. The van der Waals surface area contributed by atoms with Crippen molar-refractivity contribution in [3.05, 3.63) is 71.1 Å². The summed E-state index contributed by atoms with van der Waals surface area (Å²) in [7, 11) is 0. The zero-order valence-corrected chi connectivity index (χ0v) is 13.1. The number of carbonyl (C=O) groups is 1. The van der Waals surface area contributed by atoms with E-state index in [9.17, 15) is 18.8 Å². The van der Waals surface area contributed by atoms with Gasteiger partial charge in [-0.05, 0) is 42.3 Å². The van der Waals surface area contributed by atoms with Gasteiger partial charge >= 0.3 is 0 Å². The number of nitriles is 1. The van der Waals surface area contributed by atoms with Crippen molar-refractivity contribution in [1.82, 2.24) is 9.55 Å². The zero-order chi connectivity index (χ0) is 17.7. The van der Waals surface area contributed by atoms with Crippen molar-refractivity contribution < 1.29 is 13.6 Å². The Morgan fingerprint density at radius 1 is 1.16 bits per heavy atom. The number of hydrogen-bond acceptors (Lipinski definition) is 3. The summed E-state index contributed by atoms with van der Waals surface area (Å²) < 4.78 is 28.7. The second kappa shape index (κ2) is 5.35. The van der Waals surface area contributed by atoms with E-state index in [1.807, 2.05) is 0 Å². The highest BCUT2D eigenvalue weighted by atomic mass is 19.1. The van der Waals surface area contributed by atoms with Gasteiger partial charge in [0.05, 0.1) is 22.5 Å². The smallest absolute Gasteiger partial charge is 0.244 e. The van der Waals surface area contributed by atoms with Crippen molar-refractivity contribution in [3.63, 3.8) is 0 Å². The second-order valence-corrected chi connectivity index (χ2v) is 5.90. The number of nitrogens with zero attached hydrogens (tertiary/aromatic N) is 3. The van der Waals surface area contributed by atoms with Gasteiger partial charge in [0.15, 0.2) is 5.82 Å². The molecule has 2 aromatic carbocycles. The normalized spacial score (nSPS) is 16.9. The summed E-state index contributed by atoms with van der Waals surface area (Å²) in [6, 6.07) is 12.1. The Balaban J connectivity index is 2.03.